The topological polar surface area (TPSA) is 51.2 Å². The molecule has 0 unspecified atom stereocenters. The lowest BCUT2D eigenvalue weighted by molar-refractivity contribution is 0.0764. The first kappa shape index (κ1) is 16.8. The molecule has 1 fully saturated rings. The van der Waals surface area contributed by atoms with Crippen LogP contribution >= 0.6 is 0 Å². The number of carbonyl (C=O) groups is 3. The SMILES string of the molecule is Cc1ccccc1[C@H]1[C@H](C(=O)c2ccccc2)C12C(=O)c1ccccc1C2=O. The zero-order valence-electron chi connectivity index (χ0n) is 15.4. The van der Waals surface area contributed by atoms with Gasteiger partial charge in [0.15, 0.2) is 17.3 Å². The number of fused-ring (bicyclic) bond motifs is 1. The Morgan fingerprint density at radius 3 is 1.89 bits per heavy atom. The van der Waals surface area contributed by atoms with Gasteiger partial charge in [0.05, 0.1) is 5.92 Å². The highest BCUT2D eigenvalue weighted by molar-refractivity contribution is 6.35. The molecular formula is C25H18O3. The Bertz CT molecular complexity index is 1110. The van der Waals surface area contributed by atoms with E-state index in [1.54, 1.807) is 48.5 Å². The molecule has 2 atom stereocenters. The van der Waals surface area contributed by atoms with Crippen molar-refractivity contribution in [3.8, 4) is 0 Å². The molecule has 1 saturated carbocycles. The van der Waals surface area contributed by atoms with E-state index >= 15 is 0 Å². The van der Waals surface area contributed by atoms with E-state index in [0.29, 0.717) is 16.7 Å². The van der Waals surface area contributed by atoms with E-state index in [0.717, 1.165) is 11.1 Å². The highest BCUT2D eigenvalue weighted by atomic mass is 16.2. The smallest absolute Gasteiger partial charge is 0.178 e. The van der Waals surface area contributed by atoms with Crippen molar-refractivity contribution in [2.24, 2.45) is 11.3 Å². The van der Waals surface area contributed by atoms with Crippen LogP contribution in [0.3, 0.4) is 0 Å². The van der Waals surface area contributed by atoms with Crippen molar-refractivity contribution >= 4 is 17.3 Å². The van der Waals surface area contributed by atoms with Crippen LogP contribution in [-0.2, 0) is 0 Å². The summed E-state index contributed by atoms with van der Waals surface area (Å²) in [5.41, 5.74) is 2.02. The molecule has 0 heterocycles. The third kappa shape index (κ3) is 2.02. The molecule has 0 N–H and O–H groups in total. The molecule has 3 heteroatoms. The van der Waals surface area contributed by atoms with Crippen molar-refractivity contribution in [3.05, 3.63) is 107 Å². The molecule has 3 aromatic carbocycles. The molecule has 5 rings (SSSR count). The summed E-state index contributed by atoms with van der Waals surface area (Å²) in [5.74, 6) is -1.65. The molecule has 0 radical (unpaired) electrons. The van der Waals surface area contributed by atoms with Gasteiger partial charge in [0, 0.05) is 22.6 Å². The summed E-state index contributed by atoms with van der Waals surface area (Å²) >= 11 is 0. The number of rotatable bonds is 3. The van der Waals surface area contributed by atoms with Crippen LogP contribution in [0.15, 0.2) is 78.9 Å². The number of Topliss-reactive ketones (excluding diaryl/α,β-unsaturated/α-hetero) is 3. The minimum atomic E-state index is -1.30. The summed E-state index contributed by atoms with van der Waals surface area (Å²) in [6.07, 6.45) is 0. The second-order valence-corrected chi connectivity index (χ2v) is 7.62. The molecule has 0 saturated heterocycles. The molecule has 3 aromatic rings. The zero-order valence-corrected chi connectivity index (χ0v) is 15.4. The van der Waals surface area contributed by atoms with Crippen LogP contribution in [0.1, 0.15) is 48.1 Å². The van der Waals surface area contributed by atoms with Crippen LogP contribution in [0, 0.1) is 18.3 Å². The summed E-state index contributed by atoms with van der Waals surface area (Å²) in [7, 11) is 0. The monoisotopic (exact) mass is 366 g/mol. The third-order valence-electron chi connectivity index (χ3n) is 6.24. The zero-order chi connectivity index (χ0) is 19.5. The molecule has 0 aliphatic heterocycles. The first-order valence-corrected chi connectivity index (χ1v) is 9.42. The lowest BCUT2D eigenvalue weighted by atomic mass is 9.91. The number of hydrogen-bond donors (Lipinski definition) is 0. The van der Waals surface area contributed by atoms with Gasteiger partial charge in [-0.2, -0.15) is 0 Å². The Labute approximate surface area is 163 Å². The molecule has 3 nitrogen and oxygen atoms in total. The van der Waals surface area contributed by atoms with Gasteiger partial charge >= 0.3 is 0 Å². The van der Waals surface area contributed by atoms with Gasteiger partial charge in [0.2, 0.25) is 0 Å². The maximum atomic E-state index is 13.5. The normalized spacial score (nSPS) is 21.6. The van der Waals surface area contributed by atoms with E-state index in [1.165, 1.54) is 0 Å². The van der Waals surface area contributed by atoms with E-state index in [2.05, 4.69) is 0 Å². The average molecular weight is 366 g/mol. The first-order valence-electron chi connectivity index (χ1n) is 9.42. The van der Waals surface area contributed by atoms with Crippen LogP contribution in [0.5, 0.6) is 0 Å². The van der Waals surface area contributed by atoms with Crippen molar-refractivity contribution in [2.75, 3.05) is 0 Å². The second-order valence-electron chi connectivity index (χ2n) is 7.62. The third-order valence-corrected chi connectivity index (χ3v) is 6.24. The van der Waals surface area contributed by atoms with Crippen LogP contribution in [0.4, 0.5) is 0 Å². The number of carbonyl (C=O) groups excluding carboxylic acids is 3. The Balaban J connectivity index is 1.70. The van der Waals surface area contributed by atoms with Crippen molar-refractivity contribution < 1.29 is 14.4 Å². The predicted molar refractivity (Wildman–Crippen MR) is 106 cm³/mol. The average Bonchev–Trinajstić information content (AvgIpc) is 3.38. The predicted octanol–water partition coefficient (Wildman–Crippen LogP) is 4.66. The van der Waals surface area contributed by atoms with Crippen molar-refractivity contribution in [3.63, 3.8) is 0 Å². The lowest BCUT2D eigenvalue weighted by Gasteiger charge is -2.08. The maximum Gasteiger partial charge on any atom is 0.178 e. The van der Waals surface area contributed by atoms with Crippen molar-refractivity contribution in [1.82, 2.24) is 0 Å². The lowest BCUT2D eigenvalue weighted by Crippen LogP contribution is -2.23. The summed E-state index contributed by atoms with van der Waals surface area (Å²) in [5, 5.41) is 0. The number of aryl methyl sites for hydroxylation is 1. The molecule has 0 amide bonds. The standard InChI is InChI=1S/C25H18O3/c1-15-9-5-6-12-17(15)20-21(22(26)16-10-3-2-4-11-16)25(20)23(27)18-13-7-8-14-19(18)24(25)28/h2-14,20-21H,1H3/t20-,21+/m0/s1. The number of ketones is 3. The van der Waals surface area contributed by atoms with Crippen molar-refractivity contribution in [1.29, 1.82) is 0 Å². The molecule has 28 heavy (non-hydrogen) atoms. The Kier molecular flexibility index (Phi) is 3.50. The molecule has 2 aliphatic rings. The Morgan fingerprint density at radius 2 is 1.29 bits per heavy atom. The second kappa shape index (κ2) is 5.83. The molecule has 2 aliphatic carbocycles. The molecule has 136 valence electrons. The summed E-state index contributed by atoms with van der Waals surface area (Å²) in [4.78, 5) is 40.3. The van der Waals surface area contributed by atoms with Crippen LogP contribution in [0.25, 0.3) is 0 Å². The fourth-order valence-electron chi connectivity index (χ4n) is 4.88. The van der Waals surface area contributed by atoms with Gasteiger partial charge in [-0.05, 0) is 18.1 Å². The van der Waals surface area contributed by atoms with Crippen LogP contribution < -0.4 is 0 Å². The van der Waals surface area contributed by atoms with Gasteiger partial charge < -0.3 is 0 Å². The van der Waals surface area contributed by atoms with Gasteiger partial charge in [0.1, 0.15) is 5.41 Å². The Hall–Kier alpha value is -3.33. The number of benzene rings is 3. The number of hydrogen-bond acceptors (Lipinski definition) is 3. The maximum absolute atomic E-state index is 13.5. The van der Waals surface area contributed by atoms with E-state index in [1.807, 2.05) is 37.3 Å². The van der Waals surface area contributed by atoms with E-state index in [4.69, 9.17) is 0 Å². The van der Waals surface area contributed by atoms with E-state index in [9.17, 15) is 14.4 Å². The fraction of sp³-hybridized carbons (Fsp3) is 0.160. The molecular weight excluding hydrogens is 348 g/mol. The summed E-state index contributed by atoms with van der Waals surface area (Å²) in [6, 6.07) is 23.6. The minimum Gasteiger partial charge on any atom is -0.294 e. The van der Waals surface area contributed by atoms with Gasteiger partial charge in [-0.25, -0.2) is 0 Å². The largest absolute Gasteiger partial charge is 0.294 e. The van der Waals surface area contributed by atoms with E-state index in [-0.39, 0.29) is 17.3 Å². The highest BCUT2D eigenvalue weighted by Gasteiger charge is 2.79. The minimum absolute atomic E-state index is 0.136. The van der Waals surface area contributed by atoms with Crippen molar-refractivity contribution in [2.45, 2.75) is 12.8 Å². The van der Waals surface area contributed by atoms with Crippen LogP contribution in [0.2, 0.25) is 0 Å². The van der Waals surface area contributed by atoms with Crippen LogP contribution in [-0.4, -0.2) is 17.3 Å². The van der Waals surface area contributed by atoms with Gasteiger partial charge in [0.25, 0.3) is 0 Å². The highest BCUT2D eigenvalue weighted by Crippen LogP contribution is 2.71. The molecule has 1 spiro atoms. The molecule has 0 aromatic heterocycles. The van der Waals surface area contributed by atoms with Gasteiger partial charge in [-0.1, -0.05) is 78.9 Å². The first-order chi connectivity index (χ1) is 13.6. The molecule has 0 bridgehead atoms. The van der Waals surface area contributed by atoms with Gasteiger partial charge in [-0.15, -0.1) is 0 Å². The quantitative estimate of drug-likeness (QED) is 0.500. The van der Waals surface area contributed by atoms with Gasteiger partial charge in [-0.3, -0.25) is 14.4 Å². The Morgan fingerprint density at radius 1 is 0.750 bits per heavy atom. The van der Waals surface area contributed by atoms with E-state index < -0.39 is 17.3 Å². The summed E-state index contributed by atoms with van der Waals surface area (Å²) in [6.45, 7) is 1.96. The fourth-order valence-corrected chi connectivity index (χ4v) is 4.88. The summed E-state index contributed by atoms with van der Waals surface area (Å²) < 4.78 is 0.